The molecule has 0 radical (unpaired) electrons. The molecule has 0 heterocycles. The Hall–Kier alpha value is -0.520. The maximum Gasteiger partial charge on any atom is 0.0591 e. The van der Waals surface area contributed by atoms with Crippen LogP contribution in [-0.4, -0.2) is 26.3 Å². The van der Waals surface area contributed by atoms with Gasteiger partial charge in [-0.3, -0.25) is 0 Å². The molecule has 0 aromatic rings. The molecule has 0 fully saturated rings. The Morgan fingerprint density at radius 1 is 1.50 bits per heavy atom. The van der Waals surface area contributed by atoms with E-state index in [1.54, 1.807) is 0 Å². The molecule has 0 saturated carbocycles. The van der Waals surface area contributed by atoms with E-state index in [-0.39, 0.29) is 0 Å². The Balaban J connectivity index is 2.72. The summed E-state index contributed by atoms with van der Waals surface area (Å²) in [5.74, 6) is 2.51. The number of ether oxygens (including phenoxy) is 1. The second-order valence-electron chi connectivity index (χ2n) is 1.92. The molecule has 0 aliphatic heterocycles. The fraction of sp³-hybridized carbons (Fsp3) is 0.750. The van der Waals surface area contributed by atoms with Crippen molar-refractivity contribution in [3.8, 4) is 12.3 Å². The van der Waals surface area contributed by atoms with E-state index >= 15 is 0 Å². The van der Waals surface area contributed by atoms with Crippen LogP contribution in [0.15, 0.2) is 0 Å². The maximum atomic E-state index is 5.17. The lowest BCUT2D eigenvalue weighted by Gasteiger charge is -2.01. The summed E-state index contributed by atoms with van der Waals surface area (Å²) >= 11 is 0. The lowest BCUT2D eigenvalue weighted by Crippen LogP contribution is -2.19. The molecule has 2 nitrogen and oxygen atoms in total. The summed E-state index contributed by atoms with van der Waals surface area (Å²) in [6.07, 6.45) is 5.74. The van der Waals surface area contributed by atoms with Crippen LogP contribution in [0.4, 0.5) is 0 Å². The predicted octanol–water partition coefficient (Wildman–Crippen LogP) is 0.636. The molecule has 0 bridgehead atoms. The van der Waals surface area contributed by atoms with Crippen LogP contribution in [0.3, 0.4) is 0 Å². The van der Waals surface area contributed by atoms with Gasteiger partial charge < -0.3 is 10.1 Å². The summed E-state index contributed by atoms with van der Waals surface area (Å²) in [7, 11) is 0. The van der Waals surface area contributed by atoms with E-state index in [1.165, 1.54) is 0 Å². The number of likely N-dealkylation sites (N-methyl/N-ethyl adjacent to an activating group) is 1. The fourth-order valence-electron chi connectivity index (χ4n) is 0.554. The summed E-state index contributed by atoms with van der Waals surface area (Å²) in [6, 6.07) is 0. The van der Waals surface area contributed by atoms with E-state index in [2.05, 4.69) is 18.2 Å². The molecule has 0 atom stereocenters. The highest BCUT2D eigenvalue weighted by Gasteiger charge is 1.84. The minimum atomic E-state index is 0.682. The van der Waals surface area contributed by atoms with E-state index < -0.39 is 0 Å². The molecule has 0 rings (SSSR count). The average Bonchev–Trinajstić information content (AvgIpc) is 1.97. The van der Waals surface area contributed by atoms with Crippen LogP contribution in [0, 0.1) is 12.3 Å². The minimum Gasteiger partial charge on any atom is -0.379 e. The first kappa shape index (κ1) is 9.48. The highest BCUT2D eigenvalue weighted by molar-refractivity contribution is 4.82. The lowest BCUT2D eigenvalue weighted by molar-refractivity contribution is 0.142. The van der Waals surface area contributed by atoms with Crippen molar-refractivity contribution in [3.63, 3.8) is 0 Å². The van der Waals surface area contributed by atoms with E-state index in [4.69, 9.17) is 11.2 Å². The second-order valence-corrected chi connectivity index (χ2v) is 1.92. The third-order valence-corrected chi connectivity index (χ3v) is 1.06. The molecule has 1 N–H and O–H groups in total. The largest absolute Gasteiger partial charge is 0.379 e. The third kappa shape index (κ3) is 7.48. The van der Waals surface area contributed by atoms with Gasteiger partial charge in [-0.15, -0.1) is 12.3 Å². The molecule has 0 spiro atoms. The Labute approximate surface area is 63.0 Å². The summed E-state index contributed by atoms with van der Waals surface area (Å²) in [5.41, 5.74) is 0. The van der Waals surface area contributed by atoms with Crippen molar-refractivity contribution in [1.29, 1.82) is 0 Å². The smallest absolute Gasteiger partial charge is 0.0591 e. The molecular formula is C8H15NO. The van der Waals surface area contributed by atoms with Crippen molar-refractivity contribution in [2.75, 3.05) is 26.3 Å². The van der Waals surface area contributed by atoms with Gasteiger partial charge in [0.1, 0.15) is 0 Å². The summed E-state index contributed by atoms with van der Waals surface area (Å²) in [6.45, 7) is 5.43. The van der Waals surface area contributed by atoms with Gasteiger partial charge in [0.2, 0.25) is 0 Å². The van der Waals surface area contributed by atoms with Crippen LogP contribution in [-0.2, 0) is 4.74 Å². The zero-order valence-corrected chi connectivity index (χ0v) is 6.52. The van der Waals surface area contributed by atoms with Gasteiger partial charge in [-0.25, -0.2) is 0 Å². The van der Waals surface area contributed by atoms with Crippen LogP contribution >= 0.6 is 0 Å². The first-order valence-electron chi connectivity index (χ1n) is 3.63. The topological polar surface area (TPSA) is 21.3 Å². The molecular weight excluding hydrogens is 126 g/mol. The first-order chi connectivity index (χ1) is 4.91. The quantitative estimate of drug-likeness (QED) is 0.433. The lowest BCUT2D eigenvalue weighted by atomic mass is 10.5. The van der Waals surface area contributed by atoms with Gasteiger partial charge in [0.15, 0.2) is 0 Å². The zero-order valence-electron chi connectivity index (χ0n) is 6.52. The summed E-state index contributed by atoms with van der Waals surface area (Å²) in [4.78, 5) is 0. The van der Waals surface area contributed by atoms with Gasteiger partial charge >= 0.3 is 0 Å². The van der Waals surface area contributed by atoms with Crippen molar-refractivity contribution < 1.29 is 4.74 Å². The first-order valence-corrected chi connectivity index (χ1v) is 3.63. The van der Waals surface area contributed by atoms with Gasteiger partial charge in [-0.2, -0.15) is 0 Å². The van der Waals surface area contributed by atoms with Crippen LogP contribution in [0.1, 0.15) is 13.3 Å². The summed E-state index contributed by atoms with van der Waals surface area (Å²) in [5, 5.41) is 3.15. The van der Waals surface area contributed by atoms with E-state index in [9.17, 15) is 0 Å². The molecule has 58 valence electrons. The molecule has 0 unspecified atom stereocenters. The minimum absolute atomic E-state index is 0.682. The third-order valence-electron chi connectivity index (χ3n) is 1.06. The Bertz CT molecular complexity index is 95.9. The van der Waals surface area contributed by atoms with E-state index in [1.807, 2.05) is 0 Å². The maximum absolute atomic E-state index is 5.17. The molecule has 0 aliphatic rings. The van der Waals surface area contributed by atoms with Crippen molar-refractivity contribution in [1.82, 2.24) is 5.32 Å². The molecule has 0 aliphatic carbocycles. The van der Waals surface area contributed by atoms with Gasteiger partial charge in [0.05, 0.1) is 13.2 Å². The highest BCUT2D eigenvalue weighted by Crippen LogP contribution is 1.77. The van der Waals surface area contributed by atoms with E-state index in [0.29, 0.717) is 13.0 Å². The Morgan fingerprint density at radius 3 is 2.90 bits per heavy atom. The van der Waals surface area contributed by atoms with E-state index in [0.717, 1.165) is 19.7 Å². The van der Waals surface area contributed by atoms with Crippen LogP contribution < -0.4 is 5.32 Å². The molecule has 0 saturated heterocycles. The van der Waals surface area contributed by atoms with Crippen LogP contribution in [0.2, 0.25) is 0 Å². The van der Waals surface area contributed by atoms with Gasteiger partial charge in [-0.1, -0.05) is 6.92 Å². The van der Waals surface area contributed by atoms with Gasteiger partial charge in [0.25, 0.3) is 0 Å². The SMILES string of the molecule is C#CCCOCCNCC. The van der Waals surface area contributed by atoms with Gasteiger partial charge in [0, 0.05) is 13.0 Å². The van der Waals surface area contributed by atoms with Gasteiger partial charge in [-0.05, 0) is 6.54 Å². The predicted molar refractivity (Wildman–Crippen MR) is 42.8 cm³/mol. The second kappa shape index (κ2) is 8.48. The molecule has 0 aromatic carbocycles. The normalized spacial score (nSPS) is 9.20. The van der Waals surface area contributed by atoms with Crippen molar-refractivity contribution in [2.45, 2.75) is 13.3 Å². The molecule has 0 aromatic heterocycles. The summed E-state index contributed by atoms with van der Waals surface area (Å²) < 4.78 is 5.17. The average molecular weight is 141 g/mol. The number of nitrogens with one attached hydrogen (secondary N) is 1. The highest BCUT2D eigenvalue weighted by atomic mass is 16.5. The number of hydrogen-bond donors (Lipinski definition) is 1. The Morgan fingerprint density at radius 2 is 2.30 bits per heavy atom. The molecule has 0 amide bonds. The molecule has 10 heavy (non-hydrogen) atoms. The van der Waals surface area contributed by atoms with Crippen LogP contribution in [0.5, 0.6) is 0 Å². The van der Waals surface area contributed by atoms with Crippen LogP contribution in [0.25, 0.3) is 0 Å². The van der Waals surface area contributed by atoms with Crippen molar-refractivity contribution >= 4 is 0 Å². The monoisotopic (exact) mass is 141 g/mol. The van der Waals surface area contributed by atoms with Crippen molar-refractivity contribution in [2.24, 2.45) is 0 Å². The fourth-order valence-corrected chi connectivity index (χ4v) is 0.554. The standard InChI is InChI=1S/C8H15NO/c1-3-5-7-10-8-6-9-4-2/h1,9H,4-8H2,2H3. The number of hydrogen-bond acceptors (Lipinski definition) is 2. The van der Waals surface area contributed by atoms with Crippen molar-refractivity contribution in [3.05, 3.63) is 0 Å². The molecule has 2 heteroatoms. The Kier molecular flexibility index (Phi) is 8.04. The number of terminal acetylenes is 1. The zero-order chi connectivity index (χ0) is 7.66. The number of rotatable bonds is 6.